The highest BCUT2D eigenvalue weighted by Crippen LogP contribution is 2.36. The highest BCUT2D eigenvalue weighted by atomic mass is 35.5. The lowest BCUT2D eigenvalue weighted by Gasteiger charge is -2.09. The van der Waals surface area contributed by atoms with E-state index in [1.54, 1.807) is 24.3 Å². The largest absolute Gasteiger partial charge is 0.417 e. The summed E-state index contributed by atoms with van der Waals surface area (Å²) in [4.78, 5) is 14.9. The van der Waals surface area contributed by atoms with E-state index >= 15 is 0 Å². The van der Waals surface area contributed by atoms with Gasteiger partial charge < -0.3 is 5.32 Å². The summed E-state index contributed by atoms with van der Waals surface area (Å²) in [5, 5.41) is 14.1. The van der Waals surface area contributed by atoms with Crippen LogP contribution >= 0.6 is 23.4 Å². The van der Waals surface area contributed by atoms with Crippen molar-refractivity contribution in [2.24, 2.45) is 0 Å². The molecule has 0 radical (unpaired) electrons. The van der Waals surface area contributed by atoms with Gasteiger partial charge in [-0.1, -0.05) is 17.7 Å². The fraction of sp³-hybridized carbons (Fsp3) is 0.133. The second kappa shape index (κ2) is 7.53. The Morgan fingerprint density at radius 1 is 1.30 bits per heavy atom. The molecule has 0 saturated heterocycles. The van der Waals surface area contributed by atoms with Crippen LogP contribution in [0.5, 0.6) is 0 Å². The third-order valence-electron chi connectivity index (χ3n) is 3.17. The van der Waals surface area contributed by atoms with Crippen molar-refractivity contribution < 1.29 is 18.0 Å². The molecule has 0 aliphatic heterocycles. The maximum atomic E-state index is 12.7. The second-order valence-corrected chi connectivity index (χ2v) is 6.58. The van der Waals surface area contributed by atoms with E-state index in [0.29, 0.717) is 17.6 Å². The molecule has 2 heterocycles. The number of carbonyl (C=O) groups is 1. The molecular formula is C15H10ClF3N6OS. The van der Waals surface area contributed by atoms with Gasteiger partial charge in [0.05, 0.1) is 16.3 Å². The molecule has 27 heavy (non-hydrogen) atoms. The quantitative estimate of drug-likeness (QED) is 0.698. The molecule has 3 aromatic rings. The van der Waals surface area contributed by atoms with Gasteiger partial charge in [0.25, 0.3) is 0 Å². The summed E-state index contributed by atoms with van der Waals surface area (Å²) in [6.07, 6.45) is -3.84. The lowest BCUT2D eigenvalue weighted by molar-refractivity contribution is -0.137. The van der Waals surface area contributed by atoms with Crippen LogP contribution in [-0.2, 0) is 11.0 Å². The van der Waals surface area contributed by atoms with E-state index in [1.807, 2.05) is 0 Å². The van der Waals surface area contributed by atoms with Crippen LogP contribution in [0.3, 0.4) is 0 Å². The van der Waals surface area contributed by atoms with E-state index in [-0.39, 0.29) is 21.1 Å². The zero-order chi connectivity index (χ0) is 19.6. The first-order valence-corrected chi connectivity index (χ1v) is 8.50. The van der Waals surface area contributed by atoms with Crippen LogP contribution in [0.25, 0.3) is 5.69 Å². The topological polar surface area (TPSA) is 85.6 Å². The first-order chi connectivity index (χ1) is 12.7. The molecule has 1 amide bonds. The molecule has 12 heteroatoms. The highest BCUT2D eigenvalue weighted by molar-refractivity contribution is 7.99. The van der Waals surface area contributed by atoms with Crippen molar-refractivity contribution >= 4 is 35.0 Å². The molecule has 140 valence electrons. The molecule has 7 nitrogen and oxygen atoms in total. The first kappa shape index (κ1) is 19.1. The first-order valence-electron chi connectivity index (χ1n) is 7.31. The Labute approximate surface area is 159 Å². The lowest BCUT2D eigenvalue weighted by Crippen LogP contribution is -2.07. The van der Waals surface area contributed by atoms with Crippen molar-refractivity contribution in [3.63, 3.8) is 0 Å². The Balaban J connectivity index is 1.89. The number of hydrogen-bond acceptors (Lipinski definition) is 6. The molecule has 1 N–H and O–H groups in total. The molecule has 1 aromatic carbocycles. The lowest BCUT2D eigenvalue weighted by atomic mass is 10.3. The van der Waals surface area contributed by atoms with E-state index in [2.05, 4.69) is 25.8 Å². The van der Waals surface area contributed by atoms with Crippen LogP contribution in [0.4, 0.5) is 18.9 Å². The minimum absolute atomic E-state index is 0.124. The normalized spacial score (nSPS) is 11.4. The van der Waals surface area contributed by atoms with Gasteiger partial charge in [0.1, 0.15) is 5.03 Å². The van der Waals surface area contributed by atoms with E-state index in [9.17, 15) is 18.0 Å². The molecule has 0 atom stereocenters. The fourth-order valence-corrected chi connectivity index (χ4v) is 3.09. The van der Waals surface area contributed by atoms with Crippen LogP contribution in [0.2, 0.25) is 5.02 Å². The van der Waals surface area contributed by atoms with Gasteiger partial charge in [-0.25, -0.2) is 4.98 Å². The number of rotatable bonds is 4. The van der Waals surface area contributed by atoms with Gasteiger partial charge in [0, 0.05) is 18.8 Å². The molecule has 0 fully saturated rings. The average molecular weight is 415 g/mol. The average Bonchev–Trinajstić information content (AvgIpc) is 3.03. The number of amides is 1. The van der Waals surface area contributed by atoms with Gasteiger partial charge >= 0.3 is 6.18 Å². The molecule has 0 bridgehead atoms. The number of anilines is 1. The Morgan fingerprint density at radius 3 is 2.74 bits per heavy atom. The third kappa shape index (κ3) is 4.55. The number of nitrogens with one attached hydrogen (secondary N) is 1. The molecule has 0 aliphatic carbocycles. The molecule has 0 unspecified atom stereocenters. The van der Waals surface area contributed by atoms with E-state index in [4.69, 9.17) is 11.6 Å². The number of pyridine rings is 1. The van der Waals surface area contributed by atoms with Crippen molar-refractivity contribution in [3.05, 3.63) is 47.1 Å². The number of alkyl halides is 3. The number of benzene rings is 1. The number of halogens is 4. The van der Waals surface area contributed by atoms with Crippen LogP contribution in [0.15, 0.2) is 46.7 Å². The summed E-state index contributed by atoms with van der Waals surface area (Å²) in [5.41, 5.74) is 0.133. The number of tetrazole rings is 1. The Morgan fingerprint density at radius 2 is 2.07 bits per heavy atom. The monoisotopic (exact) mass is 414 g/mol. The standard InChI is InChI=1S/C15H10ClF3N6OS/c1-8(26)21-10-3-2-4-11(6-10)25-14(22-23-24-25)27-13-12(16)5-9(7-20-13)15(17,18)19/h2-7H,1H3,(H,21,26). The Bertz CT molecular complexity index is 994. The van der Waals surface area contributed by atoms with Crippen LogP contribution in [0.1, 0.15) is 12.5 Å². The highest BCUT2D eigenvalue weighted by Gasteiger charge is 2.31. The molecular weight excluding hydrogens is 405 g/mol. The molecule has 0 saturated carbocycles. The number of nitrogens with zero attached hydrogens (tertiary/aromatic N) is 5. The maximum Gasteiger partial charge on any atom is 0.417 e. The van der Waals surface area contributed by atoms with Crippen LogP contribution in [-0.4, -0.2) is 31.1 Å². The van der Waals surface area contributed by atoms with Crippen molar-refractivity contribution in [2.75, 3.05) is 5.32 Å². The van der Waals surface area contributed by atoms with Gasteiger partial charge in [-0.2, -0.15) is 17.9 Å². The minimum atomic E-state index is -4.54. The van der Waals surface area contributed by atoms with Gasteiger partial charge in [0.2, 0.25) is 11.1 Å². The van der Waals surface area contributed by atoms with E-state index in [0.717, 1.165) is 17.8 Å². The van der Waals surface area contributed by atoms with E-state index in [1.165, 1.54) is 11.6 Å². The van der Waals surface area contributed by atoms with Crippen molar-refractivity contribution in [3.8, 4) is 5.69 Å². The van der Waals surface area contributed by atoms with Gasteiger partial charge in [-0.3, -0.25) is 4.79 Å². The Kier molecular flexibility index (Phi) is 5.33. The minimum Gasteiger partial charge on any atom is -0.326 e. The fourth-order valence-electron chi connectivity index (χ4n) is 2.07. The van der Waals surface area contributed by atoms with Gasteiger partial charge in [-0.05, 0) is 46.5 Å². The zero-order valence-corrected chi connectivity index (χ0v) is 15.1. The summed E-state index contributed by atoms with van der Waals surface area (Å²) in [7, 11) is 0. The molecule has 2 aromatic heterocycles. The Hall–Kier alpha value is -2.66. The number of carbonyl (C=O) groups excluding carboxylic acids is 1. The summed E-state index contributed by atoms with van der Waals surface area (Å²) in [5.74, 6) is -0.237. The predicted octanol–water partition coefficient (Wildman–Crippen LogP) is 3.84. The summed E-state index contributed by atoms with van der Waals surface area (Å²) < 4.78 is 39.5. The molecule has 0 spiro atoms. The summed E-state index contributed by atoms with van der Waals surface area (Å²) in [6, 6.07) is 7.52. The predicted molar refractivity (Wildman–Crippen MR) is 91.8 cm³/mol. The molecule has 3 rings (SSSR count). The number of hydrogen-bond donors (Lipinski definition) is 1. The maximum absolute atomic E-state index is 12.7. The van der Waals surface area contributed by atoms with Crippen molar-refractivity contribution in [1.82, 2.24) is 25.2 Å². The van der Waals surface area contributed by atoms with Crippen LogP contribution in [0, 0.1) is 0 Å². The zero-order valence-electron chi connectivity index (χ0n) is 13.5. The number of aromatic nitrogens is 5. The smallest absolute Gasteiger partial charge is 0.326 e. The molecule has 0 aliphatic rings. The van der Waals surface area contributed by atoms with Crippen molar-refractivity contribution in [1.29, 1.82) is 0 Å². The van der Waals surface area contributed by atoms with E-state index < -0.39 is 11.7 Å². The van der Waals surface area contributed by atoms with Crippen LogP contribution < -0.4 is 5.32 Å². The summed E-state index contributed by atoms with van der Waals surface area (Å²) >= 11 is 6.84. The summed E-state index contributed by atoms with van der Waals surface area (Å²) in [6.45, 7) is 1.38. The van der Waals surface area contributed by atoms with Gasteiger partial charge in [0.15, 0.2) is 0 Å². The van der Waals surface area contributed by atoms with Crippen molar-refractivity contribution in [2.45, 2.75) is 23.3 Å². The second-order valence-electron chi connectivity index (χ2n) is 5.22. The third-order valence-corrected chi connectivity index (χ3v) is 4.53. The SMILES string of the molecule is CC(=O)Nc1cccc(-n2nnnc2Sc2ncc(C(F)(F)F)cc2Cl)c1. The van der Waals surface area contributed by atoms with Gasteiger partial charge in [-0.15, -0.1) is 5.10 Å².